The van der Waals surface area contributed by atoms with Gasteiger partial charge >= 0.3 is 11.9 Å². The summed E-state index contributed by atoms with van der Waals surface area (Å²) >= 11 is 0. The number of carbonyl (C=O) groups is 3. The number of ether oxygens (including phenoxy) is 2. The van der Waals surface area contributed by atoms with Gasteiger partial charge < -0.3 is 9.47 Å². The van der Waals surface area contributed by atoms with Gasteiger partial charge in [-0.1, -0.05) is 13.8 Å². The van der Waals surface area contributed by atoms with E-state index in [-0.39, 0.29) is 24.9 Å². The van der Waals surface area contributed by atoms with Crippen molar-refractivity contribution in [1.29, 1.82) is 0 Å². The number of hydrogen-bond donors (Lipinski definition) is 0. The van der Waals surface area contributed by atoms with Gasteiger partial charge in [-0.2, -0.15) is 0 Å². The van der Waals surface area contributed by atoms with Gasteiger partial charge in [0.15, 0.2) is 0 Å². The van der Waals surface area contributed by atoms with Gasteiger partial charge in [0, 0.05) is 19.8 Å². The van der Waals surface area contributed by atoms with E-state index in [1.807, 2.05) is 0 Å². The van der Waals surface area contributed by atoms with E-state index >= 15 is 0 Å². The van der Waals surface area contributed by atoms with Crippen LogP contribution in [0.5, 0.6) is 0 Å². The molecule has 0 aromatic rings. The molecule has 5 nitrogen and oxygen atoms in total. The predicted molar refractivity (Wildman–Crippen MR) is 61.2 cm³/mol. The van der Waals surface area contributed by atoms with Gasteiger partial charge in [0.05, 0.1) is 5.41 Å². The SMILES string of the molecule is CC(=O)OCC(C)(COC(C)=O)C(=O)C(C)C. The molecule has 0 aliphatic rings. The maximum absolute atomic E-state index is 12.0. The van der Waals surface area contributed by atoms with Crippen molar-refractivity contribution in [3.63, 3.8) is 0 Å². The largest absolute Gasteiger partial charge is 0.465 e. The molecule has 0 aromatic heterocycles. The van der Waals surface area contributed by atoms with Crippen LogP contribution in [0.4, 0.5) is 0 Å². The van der Waals surface area contributed by atoms with Gasteiger partial charge in [-0.05, 0) is 6.92 Å². The molecule has 98 valence electrons. The highest BCUT2D eigenvalue weighted by molar-refractivity contribution is 5.87. The Morgan fingerprint density at radius 2 is 1.35 bits per heavy atom. The third-order valence-corrected chi connectivity index (χ3v) is 2.31. The fourth-order valence-corrected chi connectivity index (χ4v) is 1.40. The lowest BCUT2D eigenvalue weighted by atomic mass is 9.82. The standard InChI is InChI=1S/C12H20O5/c1-8(2)11(15)12(5,6-16-9(3)13)7-17-10(4)14/h8H,6-7H2,1-5H3. The zero-order valence-corrected chi connectivity index (χ0v) is 11.0. The summed E-state index contributed by atoms with van der Waals surface area (Å²) in [5.74, 6) is -1.24. The monoisotopic (exact) mass is 244 g/mol. The number of carbonyl (C=O) groups excluding carboxylic acids is 3. The minimum atomic E-state index is -0.981. The first-order valence-corrected chi connectivity index (χ1v) is 5.50. The van der Waals surface area contributed by atoms with E-state index in [1.54, 1.807) is 20.8 Å². The molecule has 0 saturated heterocycles. The molecular formula is C12H20O5. The van der Waals surface area contributed by atoms with E-state index < -0.39 is 17.4 Å². The molecule has 17 heavy (non-hydrogen) atoms. The van der Waals surface area contributed by atoms with Crippen molar-refractivity contribution < 1.29 is 23.9 Å². The molecule has 0 unspecified atom stereocenters. The maximum Gasteiger partial charge on any atom is 0.302 e. The molecule has 0 aliphatic carbocycles. The minimum absolute atomic E-state index is 0.0768. The van der Waals surface area contributed by atoms with E-state index in [0.717, 1.165) is 0 Å². The zero-order chi connectivity index (χ0) is 13.6. The number of Topliss-reactive ketones (excluding diaryl/α,β-unsaturated/α-hetero) is 1. The fraction of sp³-hybridized carbons (Fsp3) is 0.750. The Kier molecular flexibility index (Phi) is 5.85. The highest BCUT2D eigenvalue weighted by Crippen LogP contribution is 2.23. The first-order chi connectivity index (χ1) is 7.69. The Bertz CT molecular complexity index is 288. The maximum atomic E-state index is 12.0. The van der Waals surface area contributed by atoms with Gasteiger partial charge in [0.25, 0.3) is 0 Å². The van der Waals surface area contributed by atoms with E-state index in [2.05, 4.69) is 0 Å². The molecule has 0 spiro atoms. The van der Waals surface area contributed by atoms with Gasteiger partial charge in [0.2, 0.25) is 0 Å². The van der Waals surface area contributed by atoms with Gasteiger partial charge in [-0.15, -0.1) is 0 Å². The summed E-state index contributed by atoms with van der Waals surface area (Å²) in [6.45, 7) is 7.52. The number of esters is 2. The van der Waals surface area contributed by atoms with Crippen molar-refractivity contribution in [2.24, 2.45) is 11.3 Å². The number of hydrogen-bond acceptors (Lipinski definition) is 5. The smallest absolute Gasteiger partial charge is 0.302 e. The second-order valence-corrected chi connectivity index (χ2v) is 4.64. The van der Waals surface area contributed by atoms with Crippen LogP contribution in [0.15, 0.2) is 0 Å². The predicted octanol–water partition coefficient (Wildman–Crippen LogP) is 1.34. The van der Waals surface area contributed by atoms with Crippen LogP contribution in [0.25, 0.3) is 0 Å². The summed E-state index contributed by atoms with van der Waals surface area (Å²) in [5, 5.41) is 0. The molecule has 0 radical (unpaired) electrons. The Hall–Kier alpha value is -1.39. The molecule has 0 saturated carbocycles. The first-order valence-electron chi connectivity index (χ1n) is 5.50. The lowest BCUT2D eigenvalue weighted by Gasteiger charge is -2.28. The molecule has 0 rings (SSSR count). The van der Waals surface area contributed by atoms with Crippen molar-refractivity contribution in [1.82, 2.24) is 0 Å². The van der Waals surface area contributed by atoms with Crippen LogP contribution in [-0.2, 0) is 23.9 Å². The molecule has 0 aromatic carbocycles. The van der Waals surface area contributed by atoms with E-state index in [4.69, 9.17) is 9.47 Å². The minimum Gasteiger partial charge on any atom is -0.465 e. The Labute approximate surface area is 101 Å². The summed E-state index contributed by atoms with van der Waals surface area (Å²) in [4.78, 5) is 33.6. The van der Waals surface area contributed by atoms with Crippen molar-refractivity contribution in [3.8, 4) is 0 Å². The molecular weight excluding hydrogens is 224 g/mol. The van der Waals surface area contributed by atoms with Crippen molar-refractivity contribution >= 4 is 17.7 Å². The summed E-state index contributed by atoms with van der Waals surface area (Å²) in [5.41, 5.74) is -0.981. The van der Waals surface area contributed by atoms with Crippen molar-refractivity contribution in [3.05, 3.63) is 0 Å². The summed E-state index contributed by atoms with van der Waals surface area (Å²) in [6.07, 6.45) is 0. The number of rotatable bonds is 6. The van der Waals surface area contributed by atoms with Crippen LogP contribution in [0.3, 0.4) is 0 Å². The van der Waals surface area contributed by atoms with Crippen LogP contribution in [0.2, 0.25) is 0 Å². The molecule has 0 aliphatic heterocycles. The third kappa shape index (κ3) is 5.47. The Balaban J connectivity index is 4.73. The van der Waals surface area contributed by atoms with E-state index in [0.29, 0.717) is 0 Å². The van der Waals surface area contributed by atoms with Crippen LogP contribution in [-0.4, -0.2) is 30.9 Å². The normalized spacial score (nSPS) is 11.2. The zero-order valence-electron chi connectivity index (χ0n) is 11.0. The van der Waals surface area contributed by atoms with Crippen LogP contribution in [0.1, 0.15) is 34.6 Å². The molecule has 0 amide bonds. The topological polar surface area (TPSA) is 69.7 Å². The second-order valence-electron chi connectivity index (χ2n) is 4.64. The lowest BCUT2D eigenvalue weighted by molar-refractivity contribution is -0.156. The van der Waals surface area contributed by atoms with E-state index in [1.165, 1.54) is 13.8 Å². The first kappa shape index (κ1) is 15.6. The van der Waals surface area contributed by atoms with Crippen LogP contribution >= 0.6 is 0 Å². The van der Waals surface area contributed by atoms with Crippen LogP contribution < -0.4 is 0 Å². The summed E-state index contributed by atoms with van der Waals surface area (Å²) < 4.78 is 9.72. The molecule has 0 heterocycles. The van der Waals surface area contributed by atoms with Crippen molar-refractivity contribution in [2.75, 3.05) is 13.2 Å². The quantitative estimate of drug-likeness (QED) is 0.659. The Morgan fingerprint density at radius 3 is 1.59 bits per heavy atom. The van der Waals surface area contributed by atoms with Gasteiger partial charge in [-0.3, -0.25) is 14.4 Å². The van der Waals surface area contributed by atoms with Crippen LogP contribution in [0, 0.1) is 11.3 Å². The van der Waals surface area contributed by atoms with Gasteiger partial charge in [-0.25, -0.2) is 0 Å². The van der Waals surface area contributed by atoms with Gasteiger partial charge in [0.1, 0.15) is 19.0 Å². The molecule has 0 fully saturated rings. The van der Waals surface area contributed by atoms with E-state index in [9.17, 15) is 14.4 Å². The molecule has 0 N–H and O–H groups in total. The van der Waals surface area contributed by atoms with Crippen molar-refractivity contribution in [2.45, 2.75) is 34.6 Å². The average molecular weight is 244 g/mol. The summed E-state index contributed by atoms with van der Waals surface area (Å²) in [6, 6.07) is 0. The highest BCUT2D eigenvalue weighted by Gasteiger charge is 2.37. The Morgan fingerprint density at radius 1 is 1.00 bits per heavy atom. The fourth-order valence-electron chi connectivity index (χ4n) is 1.40. The lowest BCUT2D eigenvalue weighted by Crippen LogP contribution is -2.41. The molecule has 0 atom stereocenters. The molecule has 0 bridgehead atoms. The second kappa shape index (κ2) is 6.37. The average Bonchev–Trinajstić information content (AvgIpc) is 2.22. The summed E-state index contributed by atoms with van der Waals surface area (Å²) in [7, 11) is 0. The highest BCUT2D eigenvalue weighted by atomic mass is 16.5. The third-order valence-electron chi connectivity index (χ3n) is 2.31. The number of ketones is 1. The molecule has 5 heteroatoms.